The number of nitrogens with one attached hydrogen (secondary N) is 1. The average Bonchev–Trinajstić information content (AvgIpc) is 2.63. The summed E-state index contributed by atoms with van der Waals surface area (Å²) < 4.78 is 42.3. The molecule has 0 fully saturated rings. The maximum atomic E-state index is 12.4. The van der Waals surface area contributed by atoms with Gasteiger partial charge in [0.2, 0.25) is 5.91 Å². The van der Waals surface area contributed by atoms with Gasteiger partial charge in [-0.05, 0) is 17.7 Å². The summed E-state index contributed by atoms with van der Waals surface area (Å²) in [5, 5.41) is 2.66. The number of aromatic nitrogens is 1. The minimum Gasteiger partial charge on any atom is -0.460 e. The molecule has 0 unspecified atom stereocenters. The van der Waals surface area contributed by atoms with Crippen LogP contribution in [0.5, 0.6) is 0 Å². The Kier molecular flexibility index (Phi) is 7.02. The molecule has 26 heavy (non-hydrogen) atoms. The molecule has 0 bridgehead atoms. The summed E-state index contributed by atoms with van der Waals surface area (Å²) in [6.07, 6.45) is -3.74. The predicted molar refractivity (Wildman–Crippen MR) is 89.2 cm³/mol. The second-order valence-electron chi connectivity index (χ2n) is 5.09. The van der Waals surface area contributed by atoms with E-state index >= 15 is 0 Å². The highest BCUT2D eigenvalue weighted by Crippen LogP contribution is 2.29. The van der Waals surface area contributed by atoms with Crippen molar-refractivity contribution >= 4 is 23.6 Å². The van der Waals surface area contributed by atoms with Crippen LogP contribution in [0.2, 0.25) is 0 Å². The molecule has 0 radical (unpaired) electrons. The Morgan fingerprint density at radius 3 is 2.46 bits per heavy atom. The molecule has 9 heteroatoms. The highest BCUT2D eigenvalue weighted by molar-refractivity contribution is 7.99. The van der Waals surface area contributed by atoms with Crippen molar-refractivity contribution in [3.63, 3.8) is 0 Å². The number of halogens is 3. The van der Waals surface area contributed by atoms with Crippen molar-refractivity contribution in [3.05, 3.63) is 59.8 Å². The zero-order valence-corrected chi connectivity index (χ0v) is 14.3. The molecule has 0 aliphatic carbocycles. The van der Waals surface area contributed by atoms with Crippen molar-refractivity contribution in [1.29, 1.82) is 0 Å². The topological polar surface area (TPSA) is 68.3 Å². The van der Waals surface area contributed by atoms with Crippen molar-refractivity contribution in [1.82, 2.24) is 10.3 Å². The van der Waals surface area contributed by atoms with E-state index in [9.17, 15) is 22.8 Å². The number of thioether (sulfide) groups is 1. The number of ether oxygens (including phenoxy) is 1. The molecular weight excluding hydrogens is 369 g/mol. The van der Waals surface area contributed by atoms with Crippen molar-refractivity contribution in [2.45, 2.75) is 17.8 Å². The molecule has 2 rings (SSSR count). The molecule has 0 saturated heterocycles. The van der Waals surface area contributed by atoms with Gasteiger partial charge in [-0.2, -0.15) is 13.2 Å². The minimum absolute atomic E-state index is 0.0790. The lowest BCUT2D eigenvalue weighted by Crippen LogP contribution is -2.31. The van der Waals surface area contributed by atoms with Gasteiger partial charge in [-0.15, -0.1) is 0 Å². The number of rotatable bonds is 7. The predicted octanol–water partition coefficient (Wildman–Crippen LogP) is 3.05. The van der Waals surface area contributed by atoms with E-state index < -0.39 is 23.6 Å². The Morgan fingerprint density at radius 1 is 1.12 bits per heavy atom. The average molecular weight is 384 g/mol. The molecule has 0 aliphatic rings. The molecule has 2 aromatic rings. The highest BCUT2D eigenvalue weighted by atomic mass is 32.2. The van der Waals surface area contributed by atoms with Gasteiger partial charge in [0.05, 0.1) is 16.3 Å². The number of alkyl halides is 3. The molecule has 1 aromatic heterocycles. The lowest BCUT2D eigenvalue weighted by molar-refractivity contribution is -0.145. The van der Waals surface area contributed by atoms with E-state index in [0.29, 0.717) is 6.20 Å². The highest BCUT2D eigenvalue weighted by Gasteiger charge is 2.30. The van der Waals surface area contributed by atoms with Gasteiger partial charge in [-0.1, -0.05) is 42.1 Å². The third kappa shape index (κ3) is 6.75. The molecule has 1 heterocycles. The maximum absolute atomic E-state index is 12.4. The monoisotopic (exact) mass is 384 g/mol. The quantitative estimate of drug-likeness (QED) is 0.587. The molecule has 138 valence electrons. The molecule has 0 atom stereocenters. The van der Waals surface area contributed by atoms with Gasteiger partial charge in [0.1, 0.15) is 13.2 Å². The number of benzene rings is 1. The van der Waals surface area contributed by atoms with Crippen LogP contribution in [0, 0.1) is 0 Å². The van der Waals surface area contributed by atoms with Gasteiger partial charge in [-0.25, -0.2) is 4.98 Å². The molecule has 1 aromatic carbocycles. The Morgan fingerprint density at radius 2 is 1.85 bits per heavy atom. The number of amides is 1. The summed E-state index contributed by atoms with van der Waals surface area (Å²) in [6, 6.07) is 11.2. The summed E-state index contributed by atoms with van der Waals surface area (Å²) in [4.78, 5) is 26.9. The number of hydrogen-bond acceptors (Lipinski definition) is 5. The van der Waals surface area contributed by atoms with Crippen LogP contribution in [-0.4, -0.2) is 29.2 Å². The van der Waals surface area contributed by atoms with Crippen LogP contribution in [0.25, 0.3) is 0 Å². The van der Waals surface area contributed by atoms with Crippen LogP contribution < -0.4 is 5.32 Å². The van der Waals surface area contributed by atoms with Crippen molar-refractivity contribution in [2.24, 2.45) is 0 Å². The SMILES string of the molecule is O=C(CSc1ccc(C(F)(F)F)cn1)NCC(=O)OCc1ccccc1. The smallest absolute Gasteiger partial charge is 0.417 e. The van der Waals surface area contributed by atoms with Gasteiger partial charge in [0.25, 0.3) is 0 Å². The number of hydrogen-bond donors (Lipinski definition) is 1. The molecule has 1 amide bonds. The van der Waals surface area contributed by atoms with E-state index in [-0.39, 0.29) is 23.9 Å². The Labute approximate surface area is 152 Å². The van der Waals surface area contributed by atoms with Crippen LogP contribution in [-0.2, 0) is 27.1 Å². The van der Waals surface area contributed by atoms with E-state index in [1.807, 2.05) is 18.2 Å². The molecule has 0 aliphatic heterocycles. The van der Waals surface area contributed by atoms with Gasteiger partial charge in [0.15, 0.2) is 0 Å². The lowest BCUT2D eigenvalue weighted by atomic mass is 10.2. The zero-order valence-electron chi connectivity index (χ0n) is 13.5. The molecular formula is C17H15F3N2O3S. The third-order valence-electron chi connectivity index (χ3n) is 3.09. The van der Waals surface area contributed by atoms with Crippen molar-refractivity contribution < 1.29 is 27.5 Å². The van der Waals surface area contributed by atoms with Crippen LogP contribution in [0.3, 0.4) is 0 Å². The second kappa shape index (κ2) is 9.23. The summed E-state index contributed by atoms with van der Waals surface area (Å²) in [6.45, 7) is -0.174. The van der Waals surface area contributed by atoms with E-state index in [1.54, 1.807) is 12.1 Å². The zero-order chi connectivity index (χ0) is 19.0. The minimum atomic E-state index is -4.45. The van der Waals surface area contributed by atoms with Crippen LogP contribution in [0.4, 0.5) is 13.2 Å². The second-order valence-corrected chi connectivity index (χ2v) is 6.09. The summed E-state index contributed by atoms with van der Waals surface area (Å²) in [5.41, 5.74) is -0.0245. The van der Waals surface area contributed by atoms with Gasteiger partial charge < -0.3 is 10.1 Å². The van der Waals surface area contributed by atoms with E-state index in [0.717, 1.165) is 23.4 Å². The number of esters is 1. The van der Waals surface area contributed by atoms with Crippen molar-refractivity contribution in [3.8, 4) is 0 Å². The Bertz CT molecular complexity index is 737. The maximum Gasteiger partial charge on any atom is 0.417 e. The number of pyridine rings is 1. The Balaban J connectivity index is 1.67. The lowest BCUT2D eigenvalue weighted by Gasteiger charge is -2.07. The third-order valence-corrected chi connectivity index (χ3v) is 4.03. The standard InChI is InChI=1S/C17H15F3N2O3S/c18-17(19,20)13-6-7-15(22-8-13)26-11-14(23)21-9-16(24)25-10-12-4-2-1-3-5-12/h1-8H,9-11H2,(H,21,23). The number of nitrogens with zero attached hydrogens (tertiary/aromatic N) is 1. The molecule has 1 N–H and O–H groups in total. The fourth-order valence-electron chi connectivity index (χ4n) is 1.78. The first-order valence-corrected chi connectivity index (χ1v) is 8.45. The fraction of sp³-hybridized carbons (Fsp3) is 0.235. The largest absolute Gasteiger partial charge is 0.460 e. The summed E-state index contributed by atoms with van der Waals surface area (Å²) in [7, 11) is 0. The number of carbonyl (C=O) groups is 2. The van der Waals surface area contributed by atoms with E-state index in [1.165, 1.54) is 6.07 Å². The van der Waals surface area contributed by atoms with Gasteiger partial charge >= 0.3 is 12.1 Å². The molecule has 0 spiro atoms. The fourth-order valence-corrected chi connectivity index (χ4v) is 2.46. The first kappa shape index (κ1) is 19.8. The van der Waals surface area contributed by atoms with Crippen LogP contribution in [0.1, 0.15) is 11.1 Å². The normalized spacial score (nSPS) is 11.0. The summed E-state index contributed by atoms with van der Waals surface area (Å²) in [5.74, 6) is -1.11. The first-order chi connectivity index (χ1) is 12.3. The number of carbonyl (C=O) groups excluding carboxylic acids is 2. The van der Waals surface area contributed by atoms with E-state index in [4.69, 9.17) is 4.74 Å². The molecule has 0 saturated carbocycles. The van der Waals surface area contributed by atoms with E-state index in [2.05, 4.69) is 10.3 Å². The summed E-state index contributed by atoms with van der Waals surface area (Å²) >= 11 is 0.967. The van der Waals surface area contributed by atoms with Crippen LogP contribution in [0.15, 0.2) is 53.7 Å². The van der Waals surface area contributed by atoms with Crippen LogP contribution >= 0.6 is 11.8 Å². The first-order valence-electron chi connectivity index (χ1n) is 7.47. The van der Waals surface area contributed by atoms with Crippen molar-refractivity contribution in [2.75, 3.05) is 12.3 Å². The molecule has 5 nitrogen and oxygen atoms in total. The Hall–Kier alpha value is -2.55. The van der Waals surface area contributed by atoms with Gasteiger partial charge in [-0.3, -0.25) is 9.59 Å². The van der Waals surface area contributed by atoms with Gasteiger partial charge in [0, 0.05) is 6.20 Å².